The van der Waals surface area contributed by atoms with Gasteiger partial charge in [-0.2, -0.15) is 5.10 Å². The molecule has 3 N–H and O–H groups in total. The highest BCUT2D eigenvalue weighted by atomic mass is 16.5. The van der Waals surface area contributed by atoms with Crippen LogP contribution in [0, 0.1) is 5.92 Å². The van der Waals surface area contributed by atoms with Crippen LogP contribution >= 0.6 is 0 Å². The van der Waals surface area contributed by atoms with E-state index in [4.69, 9.17) is 4.74 Å². The van der Waals surface area contributed by atoms with Crippen LogP contribution in [-0.2, 0) is 21.4 Å². The lowest BCUT2D eigenvalue weighted by Crippen LogP contribution is -2.48. The van der Waals surface area contributed by atoms with Gasteiger partial charge in [-0.15, -0.1) is 0 Å². The topological polar surface area (TPSA) is 123 Å². The van der Waals surface area contributed by atoms with Gasteiger partial charge in [-0.25, -0.2) is 9.59 Å². The van der Waals surface area contributed by atoms with Crippen molar-refractivity contribution in [3.63, 3.8) is 0 Å². The van der Waals surface area contributed by atoms with Crippen LogP contribution in [-0.4, -0.2) is 45.5 Å². The predicted molar refractivity (Wildman–Crippen MR) is 126 cm³/mol. The van der Waals surface area contributed by atoms with E-state index in [1.807, 2.05) is 36.4 Å². The molecule has 9 nitrogen and oxygen atoms in total. The number of carboxylic acid groups (broad SMARTS) is 1. The van der Waals surface area contributed by atoms with E-state index in [0.717, 1.165) is 35.1 Å². The molecule has 0 spiro atoms. The minimum Gasteiger partial charge on any atom is -0.480 e. The van der Waals surface area contributed by atoms with Crippen molar-refractivity contribution in [3.8, 4) is 11.1 Å². The average Bonchev–Trinajstić information content (AvgIpc) is 3.52. The van der Waals surface area contributed by atoms with Crippen LogP contribution in [0.25, 0.3) is 11.1 Å². The molecule has 0 radical (unpaired) electrons. The Bertz CT molecular complexity index is 1240. The molecular formula is C26H26N4O5. The zero-order chi connectivity index (χ0) is 24.5. The van der Waals surface area contributed by atoms with Gasteiger partial charge in [0.1, 0.15) is 18.7 Å². The van der Waals surface area contributed by atoms with Crippen LogP contribution in [0.3, 0.4) is 0 Å². The molecule has 0 bridgehead atoms. The number of rotatable bonds is 8. The minimum absolute atomic E-state index is 0.0968. The highest BCUT2D eigenvalue weighted by Gasteiger charge is 2.39. The smallest absolute Gasteiger partial charge is 0.408 e. The quantitative estimate of drug-likeness (QED) is 0.461. The number of aromatic nitrogens is 2. The van der Waals surface area contributed by atoms with Crippen LogP contribution in [0.4, 0.5) is 4.79 Å². The van der Waals surface area contributed by atoms with Gasteiger partial charge in [0.15, 0.2) is 0 Å². The number of aliphatic carboxylic acids is 1. The van der Waals surface area contributed by atoms with E-state index in [-0.39, 0.29) is 18.4 Å². The van der Waals surface area contributed by atoms with Crippen molar-refractivity contribution in [2.45, 2.75) is 30.8 Å². The summed E-state index contributed by atoms with van der Waals surface area (Å²) in [6, 6.07) is 13.9. The highest BCUT2D eigenvalue weighted by Crippen LogP contribution is 2.44. The lowest BCUT2D eigenvalue weighted by atomic mass is 9.98. The Kier molecular flexibility index (Phi) is 5.98. The molecule has 2 aromatic carbocycles. The number of fused-ring (bicyclic) bond motifs is 3. The summed E-state index contributed by atoms with van der Waals surface area (Å²) < 4.78 is 7.09. The molecular weight excluding hydrogens is 448 g/mol. The van der Waals surface area contributed by atoms with E-state index < -0.39 is 30.1 Å². The third-order valence-corrected chi connectivity index (χ3v) is 6.58. The van der Waals surface area contributed by atoms with Gasteiger partial charge in [-0.1, -0.05) is 48.5 Å². The molecule has 2 aliphatic rings. The van der Waals surface area contributed by atoms with E-state index in [9.17, 15) is 19.5 Å². The van der Waals surface area contributed by atoms with Crippen molar-refractivity contribution in [3.05, 3.63) is 77.6 Å². The summed E-state index contributed by atoms with van der Waals surface area (Å²) in [7, 11) is 1.69. The number of nitrogens with one attached hydrogen (secondary N) is 2. The largest absolute Gasteiger partial charge is 0.480 e. The Morgan fingerprint density at radius 2 is 1.69 bits per heavy atom. The number of alkyl carbamates (subject to hydrolysis) is 1. The number of hydrogen-bond donors (Lipinski definition) is 3. The van der Waals surface area contributed by atoms with Gasteiger partial charge in [0.05, 0.1) is 6.20 Å². The Morgan fingerprint density at radius 3 is 2.23 bits per heavy atom. The molecule has 35 heavy (non-hydrogen) atoms. The van der Waals surface area contributed by atoms with Crippen LogP contribution in [0.1, 0.15) is 41.5 Å². The molecule has 0 saturated heterocycles. The maximum Gasteiger partial charge on any atom is 0.408 e. The van der Waals surface area contributed by atoms with Gasteiger partial charge in [0.25, 0.3) is 0 Å². The minimum atomic E-state index is -1.14. The summed E-state index contributed by atoms with van der Waals surface area (Å²) in [6.07, 6.45) is 3.78. The lowest BCUT2D eigenvalue weighted by Gasteiger charge is -2.21. The van der Waals surface area contributed by atoms with Crippen LogP contribution < -0.4 is 10.6 Å². The number of carbonyl (C=O) groups excluding carboxylic acids is 2. The Balaban J connectivity index is 1.30. The molecule has 1 aromatic heterocycles. The lowest BCUT2D eigenvalue weighted by molar-refractivity contribution is -0.142. The van der Waals surface area contributed by atoms with Gasteiger partial charge < -0.3 is 20.5 Å². The number of benzene rings is 2. The first-order valence-electron chi connectivity index (χ1n) is 11.6. The molecule has 1 saturated carbocycles. The molecule has 5 rings (SSSR count). The van der Waals surface area contributed by atoms with Gasteiger partial charge in [-0.05, 0) is 41.0 Å². The van der Waals surface area contributed by atoms with Crippen LogP contribution in [0.2, 0.25) is 0 Å². The number of carboxylic acids is 1. The Morgan fingerprint density at radius 1 is 1.06 bits per heavy atom. The molecule has 0 aliphatic heterocycles. The fraction of sp³-hybridized carbons (Fsp3) is 0.308. The molecule has 1 fully saturated rings. The standard InChI is InChI=1S/C26H26N4O5/c1-30-13-16(12-27-30)22(24(31)28-23(25(32)33)15-10-11-15)29-26(34)35-14-21-19-8-4-2-6-17(19)18-7-3-5-9-20(18)21/h2-9,12-13,15,21-23H,10-11,14H2,1H3,(H,28,31)(H,29,34)(H,32,33). The molecule has 3 aromatic rings. The van der Waals surface area contributed by atoms with Crippen molar-refractivity contribution in [1.82, 2.24) is 20.4 Å². The fourth-order valence-corrected chi connectivity index (χ4v) is 4.69. The van der Waals surface area contributed by atoms with E-state index in [1.165, 1.54) is 10.9 Å². The van der Waals surface area contributed by atoms with Crippen molar-refractivity contribution < 1.29 is 24.2 Å². The second kappa shape index (κ2) is 9.25. The number of aryl methyl sites for hydroxylation is 1. The monoisotopic (exact) mass is 474 g/mol. The Labute approximate surface area is 202 Å². The summed E-state index contributed by atoms with van der Waals surface area (Å²) >= 11 is 0. The third kappa shape index (κ3) is 4.62. The summed E-state index contributed by atoms with van der Waals surface area (Å²) in [5.74, 6) is -1.93. The van der Waals surface area contributed by atoms with E-state index in [0.29, 0.717) is 5.56 Å². The summed E-state index contributed by atoms with van der Waals surface area (Å²) in [5.41, 5.74) is 4.82. The molecule has 2 aliphatic carbocycles. The first kappa shape index (κ1) is 22.6. The van der Waals surface area contributed by atoms with E-state index in [2.05, 4.69) is 27.9 Å². The first-order chi connectivity index (χ1) is 16.9. The molecule has 9 heteroatoms. The zero-order valence-electron chi connectivity index (χ0n) is 19.2. The number of ether oxygens (including phenoxy) is 1. The molecule has 2 amide bonds. The second-order valence-electron chi connectivity index (χ2n) is 9.01. The van der Waals surface area contributed by atoms with Crippen molar-refractivity contribution in [2.24, 2.45) is 13.0 Å². The molecule has 2 unspecified atom stereocenters. The number of carbonyl (C=O) groups is 3. The number of amides is 2. The Hall–Kier alpha value is -4.14. The van der Waals surface area contributed by atoms with Crippen molar-refractivity contribution in [2.75, 3.05) is 6.61 Å². The normalized spacial score (nSPS) is 16.0. The zero-order valence-corrected chi connectivity index (χ0v) is 19.2. The van der Waals surface area contributed by atoms with E-state index in [1.54, 1.807) is 13.2 Å². The number of nitrogens with zero attached hydrogens (tertiary/aromatic N) is 2. The van der Waals surface area contributed by atoms with Crippen LogP contribution in [0.15, 0.2) is 60.9 Å². The van der Waals surface area contributed by atoms with Crippen molar-refractivity contribution >= 4 is 18.0 Å². The SMILES string of the molecule is Cn1cc(C(NC(=O)OCC2c3ccccc3-c3ccccc32)C(=O)NC(C(=O)O)C2CC2)cn1. The van der Waals surface area contributed by atoms with Gasteiger partial charge in [-0.3, -0.25) is 9.48 Å². The van der Waals surface area contributed by atoms with Gasteiger partial charge in [0, 0.05) is 24.7 Å². The first-order valence-corrected chi connectivity index (χ1v) is 11.6. The summed E-state index contributed by atoms with van der Waals surface area (Å²) in [6.45, 7) is 0.0983. The summed E-state index contributed by atoms with van der Waals surface area (Å²) in [5, 5.41) is 18.7. The van der Waals surface area contributed by atoms with Crippen LogP contribution in [0.5, 0.6) is 0 Å². The molecule has 180 valence electrons. The fourth-order valence-electron chi connectivity index (χ4n) is 4.69. The maximum atomic E-state index is 13.0. The number of hydrogen-bond acceptors (Lipinski definition) is 5. The predicted octanol–water partition coefficient (Wildman–Crippen LogP) is 2.98. The summed E-state index contributed by atoms with van der Waals surface area (Å²) in [4.78, 5) is 37.5. The third-order valence-electron chi connectivity index (χ3n) is 6.58. The van der Waals surface area contributed by atoms with E-state index >= 15 is 0 Å². The second-order valence-corrected chi connectivity index (χ2v) is 9.01. The average molecular weight is 475 g/mol. The van der Waals surface area contributed by atoms with Gasteiger partial charge >= 0.3 is 12.1 Å². The highest BCUT2D eigenvalue weighted by molar-refractivity contribution is 5.90. The molecule has 2 atom stereocenters. The van der Waals surface area contributed by atoms with Gasteiger partial charge in [0.2, 0.25) is 5.91 Å². The molecule has 1 heterocycles. The van der Waals surface area contributed by atoms with Crippen molar-refractivity contribution in [1.29, 1.82) is 0 Å². The maximum absolute atomic E-state index is 13.0.